The quantitative estimate of drug-likeness (QED) is 0.617. The van der Waals surface area contributed by atoms with Gasteiger partial charge in [0.2, 0.25) is 0 Å². The molecule has 0 atom stereocenters. The van der Waals surface area contributed by atoms with Gasteiger partial charge in [-0.15, -0.1) is 0 Å². The first-order valence-corrected chi connectivity index (χ1v) is 6.26. The Morgan fingerprint density at radius 3 is 2.45 bits per heavy atom. The normalized spacial score (nSPS) is 10.3. The Labute approximate surface area is 121 Å². The highest BCUT2D eigenvalue weighted by atomic mass is 79.9. The highest BCUT2D eigenvalue weighted by molar-refractivity contribution is 9.10. The number of halogens is 3. The summed E-state index contributed by atoms with van der Waals surface area (Å²) in [5.74, 6) is -0.971. The van der Waals surface area contributed by atoms with Gasteiger partial charge in [0.05, 0.1) is 11.0 Å². The van der Waals surface area contributed by atoms with Crippen LogP contribution in [0.25, 0.3) is 0 Å². The van der Waals surface area contributed by atoms with E-state index in [0.29, 0.717) is 4.47 Å². The summed E-state index contributed by atoms with van der Waals surface area (Å²) >= 11 is 3.11. The van der Waals surface area contributed by atoms with Crippen molar-refractivity contribution in [3.8, 4) is 5.75 Å². The zero-order valence-electron chi connectivity index (χ0n) is 9.98. The van der Waals surface area contributed by atoms with Crippen molar-refractivity contribution in [1.82, 2.24) is 0 Å². The molecule has 104 valence electrons. The molecule has 2 aromatic rings. The molecule has 2 aromatic carbocycles. The molecule has 0 radical (unpaired) electrons. The fourth-order valence-corrected chi connectivity index (χ4v) is 2.04. The van der Waals surface area contributed by atoms with Crippen LogP contribution in [-0.2, 0) is 6.61 Å². The lowest BCUT2D eigenvalue weighted by molar-refractivity contribution is -0.385. The van der Waals surface area contributed by atoms with Crippen molar-refractivity contribution in [2.75, 3.05) is 0 Å². The highest BCUT2D eigenvalue weighted by Gasteiger charge is 2.10. The van der Waals surface area contributed by atoms with Crippen LogP contribution in [0.2, 0.25) is 0 Å². The van der Waals surface area contributed by atoms with E-state index < -0.39 is 16.6 Å². The lowest BCUT2D eigenvalue weighted by Gasteiger charge is -2.07. The molecule has 0 aliphatic heterocycles. The standard InChI is InChI=1S/C13H8BrF2NO3/c14-9-3-11(16)6-13(4-9)20-7-8-1-10(15)5-12(2-8)17(18)19/h1-6H,7H2. The molecule has 0 bridgehead atoms. The molecule has 20 heavy (non-hydrogen) atoms. The minimum atomic E-state index is -0.724. The van der Waals surface area contributed by atoms with Crippen LogP contribution in [0.3, 0.4) is 0 Å². The smallest absolute Gasteiger partial charge is 0.272 e. The summed E-state index contributed by atoms with van der Waals surface area (Å²) in [6.45, 7) is -0.103. The van der Waals surface area contributed by atoms with Gasteiger partial charge in [0.1, 0.15) is 24.0 Å². The maximum absolute atomic E-state index is 13.2. The van der Waals surface area contributed by atoms with Gasteiger partial charge in [0.15, 0.2) is 0 Å². The SMILES string of the molecule is O=[N+]([O-])c1cc(F)cc(COc2cc(F)cc(Br)c2)c1. The number of hydrogen-bond donors (Lipinski definition) is 0. The molecule has 0 spiro atoms. The molecule has 7 heteroatoms. The van der Waals surface area contributed by atoms with Crippen molar-refractivity contribution in [3.05, 3.63) is 68.2 Å². The summed E-state index contributed by atoms with van der Waals surface area (Å²) in [7, 11) is 0. The van der Waals surface area contributed by atoms with Gasteiger partial charge in [-0.1, -0.05) is 15.9 Å². The minimum Gasteiger partial charge on any atom is -0.489 e. The summed E-state index contributed by atoms with van der Waals surface area (Å²) in [5.41, 5.74) is -0.0684. The van der Waals surface area contributed by atoms with Crippen molar-refractivity contribution >= 4 is 21.6 Å². The Morgan fingerprint density at radius 1 is 1.10 bits per heavy atom. The zero-order valence-corrected chi connectivity index (χ0v) is 11.6. The largest absolute Gasteiger partial charge is 0.489 e. The maximum Gasteiger partial charge on any atom is 0.272 e. The predicted octanol–water partition coefficient (Wildman–Crippen LogP) is 4.21. The molecule has 2 rings (SSSR count). The van der Waals surface area contributed by atoms with E-state index in [2.05, 4.69) is 15.9 Å². The zero-order chi connectivity index (χ0) is 14.7. The molecule has 4 nitrogen and oxygen atoms in total. The summed E-state index contributed by atoms with van der Waals surface area (Å²) < 4.78 is 32.1. The molecule has 0 heterocycles. The first-order valence-electron chi connectivity index (χ1n) is 5.47. The Kier molecular flexibility index (Phi) is 4.29. The molecular weight excluding hydrogens is 336 g/mol. The number of benzene rings is 2. The van der Waals surface area contributed by atoms with E-state index in [4.69, 9.17) is 4.74 Å². The van der Waals surface area contributed by atoms with Gasteiger partial charge in [0, 0.05) is 16.6 Å². The third kappa shape index (κ3) is 3.74. The molecule has 0 aliphatic carbocycles. The lowest BCUT2D eigenvalue weighted by Crippen LogP contribution is -1.98. The van der Waals surface area contributed by atoms with Crippen LogP contribution < -0.4 is 4.74 Å². The first-order chi connectivity index (χ1) is 9.44. The van der Waals surface area contributed by atoms with Gasteiger partial charge in [-0.2, -0.15) is 0 Å². The molecule has 0 fully saturated rings. The van der Waals surface area contributed by atoms with Crippen LogP contribution in [0.1, 0.15) is 5.56 Å². The molecule has 0 amide bonds. The summed E-state index contributed by atoms with van der Waals surface area (Å²) in [5, 5.41) is 10.6. The highest BCUT2D eigenvalue weighted by Crippen LogP contribution is 2.22. The van der Waals surface area contributed by atoms with Crippen molar-refractivity contribution in [2.24, 2.45) is 0 Å². The number of hydrogen-bond acceptors (Lipinski definition) is 3. The van der Waals surface area contributed by atoms with E-state index in [9.17, 15) is 18.9 Å². The van der Waals surface area contributed by atoms with Crippen LogP contribution in [0, 0.1) is 21.7 Å². The van der Waals surface area contributed by atoms with E-state index in [1.54, 1.807) is 0 Å². The van der Waals surface area contributed by atoms with Gasteiger partial charge in [-0.3, -0.25) is 10.1 Å². The van der Waals surface area contributed by atoms with Crippen molar-refractivity contribution in [1.29, 1.82) is 0 Å². The average Bonchev–Trinajstić information content (AvgIpc) is 2.34. The number of ether oxygens (including phenoxy) is 1. The van der Waals surface area contributed by atoms with E-state index >= 15 is 0 Å². The summed E-state index contributed by atoms with van der Waals surface area (Å²) in [6.07, 6.45) is 0. The number of nitro benzene ring substituents is 1. The Bertz CT molecular complexity index is 644. The second kappa shape index (κ2) is 5.96. The van der Waals surface area contributed by atoms with E-state index in [1.807, 2.05) is 0 Å². The Balaban J connectivity index is 2.16. The average molecular weight is 344 g/mol. The monoisotopic (exact) mass is 343 g/mol. The predicted molar refractivity (Wildman–Crippen MR) is 71.5 cm³/mol. The second-order valence-corrected chi connectivity index (χ2v) is 4.88. The van der Waals surface area contributed by atoms with Crippen LogP contribution in [0.5, 0.6) is 5.75 Å². The van der Waals surface area contributed by atoms with Gasteiger partial charge in [-0.25, -0.2) is 8.78 Å². The Morgan fingerprint density at radius 2 is 1.80 bits per heavy atom. The van der Waals surface area contributed by atoms with Gasteiger partial charge < -0.3 is 4.74 Å². The molecule has 0 saturated carbocycles. The molecule has 0 saturated heterocycles. The van der Waals surface area contributed by atoms with E-state index in [1.165, 1.54) is 24.3 Å². The fourth-order valence-electron chi connectivity index (χ4n) is 1.60. The first kappa shape index (κ1) is 14.4. The number of nitro groups is 1. The second-order valence-electron chi connectivity index (χ2n) is 3.97. The van der Waals surface area contributed by atoms with E-state index in [0.717, 1.165) is 12.1 Å². The van der Waals surface area contributed by atoms with Crippen LogP contribution >= 0.6 is 15.9 Å². The van der Waals surface area contributed by atoms with Crippen LogP contribution in [-0.4, -0.2) is 4.92 Å². The molecule has 0 aromatic heterocycles. The number of nitrogens with zero attached hydrogens (tertiary/aromatic N) is 1. The molecule has 0 N–H and O–H groups in total. The molecule has 0 aliphatic rings. The van der Waals surface area contributed by atoms with E-state index in [-0.39, 0.29) is 23.6 Å². The summed E-state index contributed by atoms with van der Waals surface area (Å²) in [4.78, 5) is 9.92. The summed E-state index contributed by atoms with van der Waals surface area (Å²) in [6, 6.07) is 7.12. The molecular formula is C13H8BrF2NO3. The fraction of sp³-hybridized carbons (Fsp3) is 0.0769. The third-order valence-electron chi connectivity index (χ3n) is 2.39. The van der Waals surface area contributed by atoms with Gasteiger partial charge in [0.25, 0.3) is 5.69 Å². The Hall–Kier alpha value is -2.02. The minimum absolute atomic E-state index is 0.103. The lowest BCUT2D eigenvalue weighted by atomic mass is 10.2. The van der Waals surface area contributed by atoms with Gasteiger partial charge >= 0.3 is 0 Å². The number of non-ortho nitro benzene ring substituents is 1. The van der Waals surface area contributed by atoms with Crippen LogP contribution in [0.15, 0.2) is 40.9 Å². The molecule has 0 unspecified atom stereocenters. The van der Waals surface area contributed by atoms with Crippen molar-refractivity contribution in [3.63, 3.8) is 0 Å². The maximum atomic E-state index is 13.2. The third-order valence-corrected chi connectivity index (χ3v) is 2.85. The van der Waals surface area contributed by atoms with Crippen molar-refractivity contribution in [2.45, 2.75) is 6.61 Å². The van der Waals surface area contributed by atoms with Crippen molar-refractivity contribution < 1.29 is 18.4 Å². The topological polar surface area (TPSA) is 52.4 Å². The number of rotatable bonds is 4. The van der Waals surface area contributed by atoms with Crippen LogP contribution in [0.4, 0.5) is 14.5 Å². The van der Waals surface area contributed by atoms with Gasteiger partial charge in [-0.05, 0) is 23.8 Å².